The first-order chi connectivity index (χ1) is 17.2. The lowest BCUT2D eigenvalue weighted by molar-refractivity contribution is -0.119. The number of hydrogen-bond donors (Lipinski definition) is 1. The largest absolute Gasteiger partial charge is 0.492 e. The molecular formula is C26H28Cl2N2O4S2. The van der Waals surface area contributed by atoms with Crippen LogP contribution < -0.4 is 14.4 Å². The highest BCUT2D eigenvalue weighted by molar-refractivity contribution is 7.98. The predicted octanol–water partition coefficient (Wildman–Crippen LogP) is 5.95. The number of hydrogen-bond acceptors (Lipinski definition) is 5. The number of anilines is 1. The molecule has 0 aliphatic carbocycles. The molecule has 1 amide bonds. The Morgan fingerprint density at radius 3 is 2.44 bits per heavy atom. The summed E-state index contributed by atoms with van der Waals surface area (Å²) < 4.78 is 33.9. The third kappa shape index (κ3) is 7.56. The van der Waals surface area contributed by atoms with Crippen molar-refractivity contribution in [1.29, 1.82) is 0 Å². The van der Waals surface area contributed by atoms with Gasteiger partial charge in [-0.2, -0.15) is 11.8 Å². The maximum atomic E-state index is 13.6. The van der Waals surface area contributed by atoms with Crippen LogP contribution in [0.5, 0.6) is 5.75 Å². The van der Waals surface area contributed by atoms with E-state index < -0.39 is 15.9 Å². The van der Waals surface area contributed by atoms with Gasteiger partial charge in [-0.3, -0.25) is 9.10 Å². The summed E-state index contributed by atoms with van der Waals surface area (Å²) in [5.41, 5.74) is 2.28. The van der Waals surface area contributed by atoms with Gasteiger partial charge in [0.2, 0.25) is 5.91 Å². The molecule has 6 nitrogen and oxygen atoms in total. The number of amides is 1. The van der Waals surface area contributed by atoms with Gasteiger partial charge in [-0.25, -0.2) is 8.42 Å². The molecule has 0 bridgehead atoms. The molecule has 1 N–H and O–H groups in total. The quantitative estimate of drug-likeness (QED) is 0.274. The fourth-order valence-electron chi connectivity index (χ4n) is 3.35. The van der Waals surface area contributed by atoms with Crippen LogP contribution in [-0.2, 0) is 20.6 Å². The summed E-state index contributed by atoms with van der Waals surface area (Å²) in [4.78, 5) is 12.9. The molecule has 3 aromatic carbocycles. The molecule has 0 atom stereocenters. The molecule has 10 heteroatoms. The highest BCUT2D eigenvalue weighted by Gasteiger charge is 2.29. The zero-order chi connectivity index (χ0) is 26.1. The van der Waals surface area contributed by atoms with Crippen LogP contribution in [0.4, 0.5) is 5.69 Å². The number of halogens is 2. The Morgan fingerprint density at radius 2 is 1.75 bits per heavy atom. The minimum Gasteiger partial charge on any atom is -0.492 e. The zero-order valence-corrected chi connectivity index (χ0v) is 23.2. The third-order valence-electron chi connectivity index (χ3n) is 5.15. The van der Waals surface area contributed by atoms with E-state index in [4.69, 9.17) is 27.9 Å². The predicted molar refractivity (Wildman–Crippen MR) is 149 cm³/mol. The SMILES string of the molecule is CCOc1ccccc1N(CC(=O)NCCSCc1ccc(Cl)c(Cl)c1)S(=O)(=O)c1ccc(C)cc1. The van der Waals surface area contributed by atoms with E-state index in [1.165, 1.54) is 0 Å². The number of sulfonamides is 1. The molecule has 0 aliphatic heterocycles. The molecule has 0 heterocycles. The van der Waals surface area contributed by atoms with Crippen LogP contribution in [-0.4, -0.2) is 39.8 Å². The van der Waals surface area contributed by atoms with Crippen molar-refractivity contribution in [3.05, 3.63) is 87.9 Å². The van der Waals surface area contributed by atoms with E-state index in [-0.39, 0.29) is 11.4 Å². The number of nitrogens with zero attached hydrogens (tertiary/aromatic N) is 1. The first-order valence-electron chi connectivity index (χ1n) is 11.3. The maximum absolute atomic E-state index is 13.6. The lowest BCUT2D eigenvalue weighted by Crippen LogP contribution is -2.41. The zero-order valence-electron chi connectivity index (χ0n) is 20.0. The van der Waals surface area contributed by atoms with Crippen molar-refractivity contribution in [3.63, 3.8) is 0 Å². The van der Waals surface area contributed by atoms with Crippen LogP contribution >= 0.6 is 35.0 Å². The van der Waals surface area contributed by atoms with Gasteiger partial charge in [0, 0.05) is 18.1 Å². The molecule has 0 spiro atoms. The van der Waals surface area contributed by atoms with Crippen LogP contribution in [0.3, 0.4) is 0 Å². The number of carbonyl (C=O) groups excluding carboxylic acids is 1. The third-order valence-corrected chi connectivity index (χ3v) is 8.69. The molecule has 0 unspecified atom stereocenters. The van der Waals surface area contributed by atoms with E-state index in [9.17, 15) is 13.2 Å². The van der Waals surface area contributed by atoms with E-state index in [1.807, 2.05) is 26.0 Å². The normalized spacial score (nSPS) is 11.2. The molecule has 0 fully saturated rings. The average molecular weight is 568 g/mol. The van der Waals surface area contributed by atoms with Gasteiger partial charge in [-0.1, -0.05) is 59.1 Å². The summed E-state index contributed by atoms with van der Waals surface area (Å²) in [6.07, 6.45) is 0. The molecular weight excluding hydrogens is 539 g/mol. The van der Waals surface area contributed by atoms with Crippen molar-refractivity contribution >= 4 is 56.6 Å². The number of benzene rings is 3. The minimum atomic E-state index is -4.02. The van der Waals surface area contributed by atoms with E-state index in [2.05, 4.69) is 5.32 Å². The van der Waals surface area contributed by atoms with Crippen LogP contribution in [0.2, 0.25) is 10.0 Å². The fourth-order valence-corrected chi connectivity index (χ4v) is 5.90. The fraction of sp³-hybridized carbons (Fsp3) is 0.269. The summed E-state index contributed by atoms with van der Waals surface area (Å²) >= 11 is 13.6. The monoisotopic (exact) mass is 566 g/mol. The van der Waals surface area contributed by atoms with Crippen molar-refractivity contribution in [2.24, 2.45) is 0 Å². The highest BCUT2D eigenvalue weighted by atomic mass is 35.5. The highest BCUT2D eigenvalue weighted by Crippen LogP contribution is 2.32. The number of para-hydroxylation sites is 2. The second-order valence-electron chi connectivity index (χ2n) is 7.88. The topological polar surface area (TPSA) is 75.7 Å². The Morgan fingerprint density at radius 1 is 1.03 bits per heavy atom. The molecule has 0 aromatic heterocycles. The summed E-state index contributed by atoms with van der Waals surface area (Å²) in [5, 5.41) is 3.83. The molecule has 0 aliphatic rings. The Kier molecular flexibility index (Phi) is 10.4. The van der Waals surface area contributed by atoms with Gasteiger partial charge in [0.15, 0.2) is 0 Å². The van der Waals surface area contributed by atoms with E-state index in [1.54, 1.807) is 66.4 Å². The molecule has 3 aromatic rings. The van der Waals surface area contributed by atoms with Gasteiger partial charge >= 0.3 is 0 Å². The van der Waals surface area contributed by atoms with Crippen LogP contribution in [0, 0.1) is 6.92 Å². The number of carbonyl (C=O) groups is 1. The number of rotatable bonds is 12. The van der Waals surface area contributed by atoms with Gasteiger partial charge in [0.1, 0.15) is 12.3 Å². The van der Waals surface area contributed by atoms with E-state index >= 15 is 0 Å². The first kappa shape index (κ1) is 28.2. The lowest BCUT2D eigenvalue weighted by Gasteiger charge is -2.26. The van der Waals surface area contributed by atoms with E-state index in [0.717, 1.165) is 15.4 Å². The lowest BCUT2D eigenvalue weighted by atomic mass is 10.2. The summed E-state index contributed by atoms with van der Waals surface area (Å²) in [6.45, 7) is 4.06. The molecule has 192 valence electrons. The number of ether oxygens (including phenoxy) is 1. The summed E-state index contributed by atoms with van der Waals surface area (Å²) in [5.74, 6) is 1.34. The van der Waals surface area contributed by atoms with E-state index in [0.29, 0.717) is 46.1 Å². The molecule has 0 radical (unpaired) electrons. The Labute approximate surface area is 227 Å². The minimum absolute atomic E-state index is 0.101. The molecule has 3 rings (SSSR count). The van der Waals surface area contributed by atoms with Crippen LogP contribution in [0.1, 0.15) is 18.1 Å². The van der Waals surface area contributed by atoms with Crippen molar-refractivity contribution < 1.29 is 17.9 Å². The number of aryl methyl sites for hydroxylation is 1. The van der Waals surface area contributed by atoms with Crippen molar-refractivity contribution in [2.45, 2.75) is 24.5 Å². The average Bonchev–Trinajstić information content (AvgIpc) is 2.85. The van der Waals surface area contributed by atoms with Gasteiger partial charge < -0.3 is 10.1 Å². The van der Waals surface area contributed by atoms with Gasteiger partial charge in [0.25, 0.3) is 10.0 Å². The number of nitrogens with one attached hydrogen (secondary N) is 1. The molecule has 0 saturated heterocycles. The van der Waals surface area contributed by atoms with Gasteiger partial charge in [-0.05, 0) is 55.8 Å². The Balaban J connectivity index is 1.69. The Bertz CT molecular complexity index is 1290. The number of thioether (sulfide) groups is 1. The second kappa shape index (κ2) is 13.2. The first-order valence-corrected chi connectivity index (χ1v) is 14.7. The maximum Gasteiger partial charge on any atom is 0.264 e. The van der Waals surface area contributed by atoms with Gasteiger partial charge in [0.05, 0.1) is 27.2 Å². The molecule has 0 saturated carbocycles. The summed E-state index contributed by atoms with van der Waals surface area (Å²) in [7, 11) is -4.02. The standard InChI is InChI=1S/C26H28Cl2N2O4S2/c1-3-34-25-7-5-4-6-24(25)30(36(32,33)21-11-8-19(2)9-12-21)17-26(31)29-14-15-35-18-20-10-13-22(27)23(28)16-20/h4-13,16H,3,14-15,17-18H2,1-2H3,(H,29,31). The Hall–Kier alpha value is -2.39. The second-order valence-corrected chi connectivity index (χ2v) is 11.7. The van der Waals surface area contributed by atoms with Crippen molar-refractivity contribution in [1.82, 2.24) is 5.32 Å². The smallest absolute Gasteiger partial charge is 0.264 e. The van der Waals surface area contributed by atoms with Crippen molar-refractivity contribution in [3.8, 4) is 5.75 Å². The van der Waals surface area contributed by atoms with Crippen LogP contribution in [0.25, 0.3) is 0 Å². The van der Waals surface area contributed by atoms with Crippen LogP contribution in [0.15, 0.2) is 71.6 Å². The van der Waals surface area contributed by atoms with Gasteiger partial charge in [-0.15, -0.1) is 0 Å². The van der Waals surface area contributed by atoms with Crippen molar-refractivity contribution in [2.75, 3.05) is 29.8 Å². The molecule has 36 heavy (non-hydrogen) atoms. The summed E-state index contributed by atoms with van der Waals surface area (Å²) in [6, 6.07) is 18.8.